The number of rotatable bonds is 6. The molecule has 0 saturated carbocycles. The first kappa shape index (κ1) is 24.8. The third kappa shape index (κ3) is 4.66. The van der Waals surface area contributed by atoms with Crippen LogP contribution in [-0.2, 0) is 9.59 Å². The summed E-state index contributed by atoms with van der Waals surface area (Å²) < 4.78 is 5.74. The molecule has 1 heterocycles. The van der Waals surface area contributed by atoms with Crippen molar-refractivity contribution in [3.8, 4) is 5.75 Å². The van der Waals surface area contributed by atoms with E-state index in [9.17, 15) is 14.7 Å². The van der Waals surface area contributed by atoms with Gasteiger partial charge < -0.3 is 9.84 Å². The van der Waals surface area contributed by atoms with Crippen molar-refractivity contribution in [2.45, 2.75) is 33.2 Å². The van der Waals surface area contributed by atoms with Crippen molar-refractivity contribution in [3.05, 3.63) is 98.5 Å². The minimum absolute atomic E-state index is 0.0111. The van der Waals surface area contributed by atoms with Crippen LogP contribution in [0.1, 0.15) is 41.6 Å². The van der Waals surface area contributed by atoms with Gasteiger partial charge in [-0.1, -0.05) is 54.4 Å². The lowest BCUT2D eigenvalue weighted by Gasteiger charge is -2.27. The van der Waals surface area contributed by atoms with Crippen molar-refractivity contribution in [1.82, 2.24) is 0 Å². The fraction of sp³-hybridized carbons (Fsp3) is 0.214. The van der Waals surface area contributed by atoms with Gasteiger partial charge in [-0.2, -0.15) is 0 Å². The maximum atomic E-state index is 13.4. The van der Waals surface area contributed by atoms with E-state index in [1.165, 1.54) is 4.90 Å². The van der Waals surface area contributed by atoms with Crippen molar-refractivity contribution in [1.29, 1.82) is 0 Å². The molecule has 1 fully saturated rings. The molecule has 5 nitrogen and oxygen atoms in total. The van der Waals surface area contributed by atoms with Gasteiger partial charge in [0.2, 0.25) is 0 Å². The summed E-state index contributed by atoms with van der Waals surface area (Å²) in [6.45, 7) is 6.37. The largest absolute Gasteiger partial charge is 0.507 e. The average Bonchev–Trinajstić information content (AvgIpc) is 3.10. The molecular weight excluding hydrogens is 485 g/mol. The molecule has 1 atom stereocenters. The molecule has 7 heteroatoms. The first-order valence-electron chi connectivity index (χ1n) is 11.3. The zero-order chi connectivity index (χ0) is 25.3. The Morgan fingerprint density at radius 3 is 2.37 bits per heavy atom. The summed E-state index contributed by atoms with van der Waals surface area (Å²) in [5.74, 6) is -1.07. The van der Waals surface area contributed by atoms with E-state index < -0.39 is 17.7 Å². The van der Waals surface area contributed by atoms with Crippen molar-refractivity contribution in [2.24, 2.45) is 0 Å². The van der Waals surface area contributed by atoms with E-state index in [1.807, 2.05) is 45.0 Å². The molecule has 1 unspecified atom stereocenters. The number of carbonyl (C=O) groups excluding carboxylic acids is 2. The molecule has 1 aliphatic heterocycles. The third-order valence-corrected chi connectivity index (χ3v) is 6.76. The molecule has 3 aromatic carbocycles. The van der Waals surface area contributed by atoms with Gasteiger partial charge in [0.25, 0.3) is 11.7 Å². The van der Waals surface area contributed by atoms with Gasteiger partial charge in [0, 0.05) is 11.3 Å². The second-order valence-electron chi connectivity index (χ2n) is 8.45. The zero-order valence-corrected chi connectivity index (χ0v) is 21.2. The van der Waals surface area contributed by atoms with Gasteiger partial charge in [-0.15, -0.1) is 0 Å². The summed E-state index contributed by atoms with van der Waals surface area (Å²) in [5.41, 5.74) is 3.25. The van der Waals surface area contributed by atoms with Crippen LogP contribution in [0.5, 0.6) is 5.75 Å². The Hall–Kier alpha value is -3.28. The SMILES string of the molecule is CCCOc1ccc(/C(O)=C2\C(=O)C(=O)N(c3ccc(Cl)c(Cl)c3)C2c2ccccc2C)cc1C. The highest BCUT2D eigenvalue weighted by molar-refractivity contribution is 6.52. The number of ketones is 1. The smallest absolute Gasteiger partial charge is 0.300 e. The molecule has 35 heavy (non-hydrogen) atoms. The first-order chi connectivity index (χ1) is 16.7. The highest BCUT2D eigenvalue weighted by atomic mass is 35.5. The van der Waals surface area contributed by atoms with E-state index in [0.717, 1.165) is 23.1 Å². The maximum Gasteiger partial charge on any atom is 0.300 e. The van der Waals surface area contributed by atoms with E-state index in [1.54, 1.807) is 36.4 Å². The molecule has 1 saturated heterocycles. The standard InChI is InChI=1S/C28H25Cl2NO4/c1-4-13-35-23-12-9-18(14-17(23)3)26(32)24-25(20-8-6-5-7-16(20)2)31(28(34)27(24)33)19-10-11-21(29)22(30)15-19/h5-12,14-15,25,32H,4,13H2,1-3H3/b26-24+. The van der Waals surface area contributed by atoms with E-state index in [4.69, 9.17) is 27.9 Å². The number of aliphatic hydroxyl groups excluding tert-OH is 1. The number of hydrogen-bond acceptors (Lipinski definition) is 4. The summed E-state index contributed by atoms with van der Waals surface area (Å²) in [6, 6.07) is 16.6. The average molecular weight is 510 g/mol. The lowest BCUT2D eigenvalue weighted by Crippen LogP contribution is -2.29. The number of hydrogen-bond donors (Lipinski definition) is 1. The molecular formula is C28H25Cl2NO4. The number of aryl methyl sites for hydroxylation is 2. The summed E-state index contributed by atoms with van der Waals surface area (Å²) in [4.78, 5) is 28.0. The molecule has 0 bridgehead atoms. The topological polar surface area (TPSA) is 66.8 Å². The van der Waals surface area contributed by atoms with Crippen LogP contribution in [-0.4, -0.2) is 23.4 Å². The van der Waals surface area contributed by atoms with E-state index >= 15 is 0 Å². The number of aliphatic hydroxyl groups is 1. The second kappa shape index (κ2) is 10.1. The van der Waals surface area contributed by atoms with Gasteiger partial charge in [0.05, 0.1) is 28.3 Å². The minimum Gasteiger partial charge on any atom is -0.507 e. The Bertz CT molecular complexity index is 1350. The molecule has 0 aromatic heterocycles. The van der Waals surface area contributed by atoms with Crippen LogP contribution in [0.2, 0.25) is 10.0 Å². The Morgan fingerprint density at radius 1 is 0.971 bits per heavy atom. The minimum atomic E-state index is -0.843. The maximum absolute atomic E-state index is 13.4. The van der Waals surface area contributed by atoms with Crippen LogP contribution in [0, 0.1) is 13.8 Å². The summed E-state index contributed by atoms with van der Waals surface area (Å²) in [6.07, 6.45) is 0.871. The van der Waals surface area contributed by atoms with Gasteiger partial charge in [0.15, 0.2) is 0 Å². The monoisotopic (exact) mass is 509 g/mol. The Labute approximate surface area is 214 Å². The van der Waals surface area contributed by atoms with Crippen molar-refractivity contribution in [3.63, 3.8) is 0 Å². The highest BCUT2D eigenvalue weighted by Gasteiger charge is 2.47. The van der Waals surface area contributed by atoms with Gasteiger partial charge in [-0.25, -0.2) is 0 Å². The zero-order valence-electron chi connectivity index (χ0n) is 19.6. The summed E-state index contributed by atoms with van der Waals surface area (Å²) in [5, 5.41) is 12.0. The molecule has 0 radical (unpaired) electrons. The van der Waals surface area contributed by atoms with Crippen LogP contribution in [0.15, 0.2) is 66.2 Å². The number of nitrogens with zero attached hydrogens (tertiary/aromatic N) is 1. The molecule has 1 N–H and O–H groups in total. The van der Waals surface area contributed by atoms with Crippen LogP contribution in [0.25, 0.3) is 5.76 Å². The lowest BCUT2D eigenvalue weighted by molar-refractivity contribution is -0.132. The number of anilines is 1. The molecule has 1 aliphatic rings. The Morgan fingerprint density at radius 2 is 1.71 bits per heavy atom. The van der Waals surface area contributed by atoms with Crippen molar-refractivity contribution < 1.29 is 19.4 Å². The number of amides is 1. The second-order valence-corrected chi connectivity index (χ2v) is 9.27. The Kier molecular flexibility index (Phi) is 7.20. The van der Waals surface area contributed by atoms with Crippen LogP contribution in [0.3, 0.4) is 0 Å². The van der Waals surface area contributed by atoms with Gasteiger partial charge >= 0.3 is 0 Å². The van der Waals surface area contributed by atoms with Crippen LogP contribution in [0.4, 0.5) is 5.69 Å². The van der Waals surface area contributed by atoms with Crippen molar-refractivity contribution >= 4 is 46.3 Å². The number of ether oxygens (including phenoxy) is 1. The van der Waals surface area contributed by atoms with E-state index in [-0.39, 0.29) is 16.4 Å². The van der Waals surface area contributed by atoms with Gasteiger partial charge in [0.1, 0.15) is 11.5 Å². The van der Waals surface area contributed by atoms with Crippen molar-refractivity contribution in [2.75, 3.05) is 11.5 Å². The Balaban J connectivity index is 1.91. The van der Waals surface area contributed by atoms with E-state index in [2.05, 4.69) is 0 Å². The molecule has 4 rings (SSSR count). The number of Topliss-reactive ketones (excluding diaryl/α,β-unsaturated/α-hetero) is 1. The molecule has 1 amide bonds. The summed E-state index contributed by atoms with van der Waals surface area (Å²) >= 11 is 12.3. The molecule has 0 spiro atoms. The number of benzene rings is 3. The number of carbonyl (C=O) groups is 2. The number of halogens is 2. The van der Waals surface area contributed by atoms with Gasteiger partial charge in [-0.3, -0.25) is 14.5 Å². The van der Waals surface area contributed by atoms with Crippen LogP contribution >= 0.6 is 23.2 Å². The first-order valence-corrected chi connectivity index (χ1v) is 12.1. The fourth-order valence-corrected chi connectivity index (χ4v) is 4.54. The van der Waals surface area contributed by atoms with Crippen LogP contribution < -0.4 is 9.64 Å². The molecule has 180 valence electrons. The highest BCUT2D eigenvalue weighted by Crippen LogP contribution is 2.44. The molecule has 3 aromatic rings. The molecule has 0 aliphatic carbocycles. The predicted octanol–water partition coefficient (Wildman–Crippen LogP) is 7.03. The quantitative estimate of drug-likeness (QED) is 0.220. The third-order valence-electron chi connectivity index (χ3n) is 6.02. The van der Waals surface area contributed by atoms with E-state index in [0.29, 0.717) is 28.6 Å². The predicted molar refractivity (Wildman–Crippen MR) is 139 cm³/mol. The summed E-state index contributed by atoms with van der Waals surface area (Å²) in [7, 11) is 0. The normalized spacial score (nSPS) is 17.2. The lowest BCUT2D eigenvalue weighted by atomic mass is 9.92. The fourth-order valence-electron chi connectivity index (χ4n) is 4.25. The van der Waals surface area contributed by atoms with Gasteiger partial charge in [-0.05, 0) is 73.4 Å².